The van der Waals surface area contributed by atoms with Crippen LogP contribution in [0.2, 0.25) is 5.02 Å². The van der Waals surface area contributed by atoms with Gasteiger partial charge in [-0.25, -0.2) is 0 Å². The van der Waals surface area contributed by atoms with Crippen LogP contribution in [-0.4, -0.2) is 29.9 Å². The lowest BCUT2D eigenvalue weighted by Gasteiger charge is -2.25. The molecule has 1 aromatic heterocycles. The molecule has 2 N–H and O–H groups in total. The molecule has 0 aliphatic carbocycles. The van der Waals surface area contributed by atoms with E-state index in [1.165, 1.54) is 5.56 Å². The van der Waals surface area contributed by atoms with E-state index in [1.54, 1.807) is 12.1 Å². The molecule has 7 heteroatoms. The molecule has 0 bridgehead atoms. The van der Waals surface area contributed by atoms with Crippen LogP contribution in [-0.2, 0) is 6.42 Å². The normalized spacial score (nSPS) is 14.7. The summed E-state index contributed by atoms with van der Waals surface area (Å²) in [6.45, 7) is 5.30. The molecule has 6 nitrogen and oxygen atoms in total. The first-order valence-corrected chi connectivity index (χ1v) is 14.5. The van der Waals surface area contributed by atoms with Gasteiger partial charge in [0.1, 0.15) is 0 Å². The molecule has 1 unspecified atom stereocenters. The second-order valence-corrected chi connectivity index (χ2v) is 11.0. The third-order valence-corrected chi connectivity index (χ3v) is 7.90. The van der Waals surface area contributed by atoms with Crippen LogP contribution < -0.4 is 15.5 Å². The van der Waals surface area contributed by atoms with Gasteiger partial charge in [0.2, 0.25) is 0 Å². The number of nitrogens with zero attached hydrogens (tertiary/aromatic N) is 2. The maximum absolute atomic E-state index is 13.9. The molecule has 4 aromatic rings. The highest BCUT2D eigenvalue weighted by Gasteiger charge is 2.28. The number of amides is 2. The summed E-state index contributed by atoms with van der Waals surface area (Å²) in [6.07, 6.45) is 7.42. The molecule has 5 rings (SSSR count). The predicted octanol–water partition coefficient (Wildman–Crippen LogP) is 7.31. The fourth-order valence-corrected chi connectivity index (χ4v) is 5.65. The Morgan fingerprint density at radius 1 is 0.951 bits per heavy atom. The van der Waals surface area contributed by atoms with Gasteiger partial charge in [0, 0.05) is 52.5 Å². The van der Waals surface area contributed by atoms with Crippen LogP contribution in [0.15, 0.2) is 85.2 Å². The van der Waals surface area contributed by atoms with E-state index in [9.17, 15) is 9.59 Å². The van der Waals surface area contributed by atoms with Gasteiger partial charge in [-0.05, 0) is 123 Å². The number of carbonyl (C=O) groups is 2. The van der Waals surface area contributed by atoms with Gasteiger partial charge in [-0.1, -0.05) is 29.8 Å². The topological polar surface area (TPSA) is 74.3 Å². The van der Waals surface area contributed by atoms with Crippen molar-refractivity contribution in [2.45, 2.75) is 45.6 Å². The van der Waals surface area contributed by atoms with Crippen molar-refractivity contribution in [1.29, 1.82) is 0 Å². The number of benzene rings is 3. The van der Waals surface area contributed by atoms with E-state index in [4.69, 9.17) is 11.6 Å². The first-order chi connectivity index (χ1) is 19.9. The number of fused-ring (bicyclic) bond motifs is 1. The smallest absolute Gasteiger partial charge is 0.258 e. The minimum absolute atomic E-state index is 0.0545. The molecule has 2 heterocycles. The lowest BCUT2D eigenvalue weighted by Crippen LogP contribution is -2.32. The summed E-state index contributed by atoms with van der Waals surface area (Å²) >= 11 is 6.45. The predicted molar refractivity (Wildman–Crippen MR) is 166 cm³/mol. The molecule has 0 saturated carbocycles. The molecule has 0 fully saturated rings. The minimum Gasteiger partial charge on any atom is -0.322 e. The summed E-state index contributed by atoms with van der Waals surface area (Å²) in [5.74, 6) is -0.222. The van der Waals surface area contributed by atoms with Crippen molar-refractivity contribution in [3.63, 3.8) is 0 Å². The maximum atomic E-state index is 13.9. The molecular weight excluding hydrogens is 532 g/mol. The molecule has 1 aliphatic heterocycles. The Morgan fingerprint density at radius 2 is 1.76 bits per heavy atom. The number of nitrogens with one attached hydrogen (secondary N) is 2. The second-order valence-electron chi connectivity index (χ2n) is 10.6. The standard InChI is InChI=1S/C34H35ClN4O2/c1-23-7-3-4-9-28(23)33(40)38-27-12-13-29(24(2)21-27)34(41)39-20-6-10-31(30-22-26(35)11-14-32(30)39)37-17-5-8-25-15-18-36-19-16-25/h3-4,7,9,11-16,18-19,21-22,31,37H,5-6,8,10,17,20H2,1-2H3,(H,38,40). The van der Waals surface area contributed by atoms with E-state index in [2.05, 4.69) is 27.8 Å². The SMILES string of the molecule is Cc1ccccc1C(=O)Nc1ccc(C(=O)N2CCCC(NCCCc3ccncc3)c3cc(Cl)ccc32)c(C)c1. The van der Waals surface area contributed by atoms with E-state index in [0.717, 1.165) is 54.6 Å². The summed E-state index contributed by atoms with van der Waals surface area (Å²) in [7, 11) is 0. The first kappa shape index (κ1) is 28.5. The average Bonchev–Trinajstić information content (AvgIpc) is 3.15. The Hall–Kier alpha value is -4.00. The highest BCUT2D eigenvalue weighted by atomic mass is 35.5. The van der Waals surface area contributed by atoms with Crippen LogP contribution in [0.4, 0.5) is 11.4 Å². The summed E-state index contributed by atoms with van der Waals surface area (Å²) in [5, 5.41) is 7.34. The monoisotopic (exact) mass is 566 g/mol. The number of halogens is 1. The van der Waals surface area contributed by atoms with Crippen molar-refractivity contribution in [2.24, 2.45) is 0 Å². The molecule has 0 saturated heterocycles. The Morgan fingerprint density at radius 3 is 2.54 bits per heavy atom. The number of aromatic nitrogens is 1. The molecule has 2 amide bonds. The van der Waals surface area contributed by atoms with Gasteiger partial charge >= 0.3 is 0 Å². The molecule has 210 valence electrons. The maximum Gasteiger partial charge on any atom is 0.258 e. The van der Waals surface area contributed by atoms with Gasteiger partial charge in [0.15, 0.2) is 0 Å². The Bertz CT molecular complexity index is 1540. The summed E-state index contributed by atoms with van der Waals surface area (Å²) < 4.78 is 0. The van der Waals surface area contributed by atoms with Gasteiger partial charge < -0.3 is 15.5 Å². The number of rotatable bonds is 8. The molecule has 0 spiro atoms. The van der Waals surface area contributed by atoms with Gasteiger partial charge in [-0.3, -0.25) is 14.6 Å². The molecular formula is C34H35ClN4O2. The van der Waals surface area contributed by atoms with Crippen molar-refractivity contribution >= 4 is 34.8 Å². The van der Waals surface area contributed by atoms with Crippen molar-refractivity contribution in [2.75, 3.05) is 23.3 Å². The lowest BCUT2D eigenvalue weighted by molar-refractivity contribution is 0.0985. The number of anilines is 2. The largest absolute Gasteiger partial charge is 0.322 e. The van der Waals surface area contributed by atoms with E-state index in [1.807, 2.05) is 79.7 Å². The average molecular weight is 567 g/mol. The van der Waals surface area contributed by atoms with Crippen molar-refractivity contribution in [3.05, 3.63) is 124 Å². The van der Waals surface area contributed by atoms with Crippen LogP contribution in [0, 0.1) is 13.8 Å². The van der Waals surface area contributed by atoms with Gasteiger partial charge in [-0.2, -0.15) is 0 Å². The summed E-state index contributed by atoms with van der Waals surface area (Å²) in [5.41, 5.74) is 6.84. The van der Waals surface area contributed by atoms with Crippen molar-refractivity contribution in [1.82, 2.24) is 10.3 Å². The van der Waals surface area contributed by atoms with Crippen LogP contribution in [0.5, 0.6) is 0 Å². The second kappa shape index (κ2) is 13.1. The lowest BCUT2D eigenvalue weighted by atomic mass is 10.0. The first-order valence-electron chi connectivity index (χ1n) is 14.1. The van der Waals surface area contributed by atoms with Crippen LogP contribution in [0.25, 0.3) is 0 Å². The zero-order valence-corrected chi connectivity index (χ0v) is 24.2. The highest BCUT2D eigenvalue weighted by Crippen LogP contribution is 2.36. The zero-order valence-electron chi connectivity index (χ0n) is 23.5. The molecule has 3 aromatic carbocycles. The van der Waals surface area contributed by atoms with Gasteiger partial charge in [0.25, 0.3) is 11.8 Å². The van der Waals surface area contributed by atoms with Crippen LogP contribution >= 0.6 is 11.6 Å². The molecule has 0 radical (unpaired) electrons. The quantitative estimate of drug-likeness (QED) is 0.219. The van der Waals surface area contributed by atoms with E-state index < -0.39 is 0 Å². The Labute approximate surface area is 246 Å². The third kappa shape index (κ3) is 6.84. The van der Waals surface area contributed by atoms with Crippen LogP contribution in [0.1, 0.15) is 68.3 Å². The highest BCUT2D eigenvalue weighted by molar-refractivity contribution is 6.30. The Balaban J connectivity index is 1.31. The number of aryl methyl sites for hydroxylation is 3. The van der Waals surface area contributed by atoms with Gasteiger partial charge in [0.05, 0.1) is 0 Å². The van der Waals surface area contributed by atoms with Gasteiger partial charge in [-0.15, -0.1) is 0 Å². The molecule has 41 heavy (non-hydrogen) atoms. The van der Waals surface area contributed by atoms with Crippen molar-refractivity contribution in [3.8, 4) is 0 Å². The van der Waals surface area contributed by atoms with Crippen molar-refractivity contribution < 1.29 is 9.59 Å². The third-order valence-electron chi connectivity index (χ3n) is 7.66. The van der Waals surface area contributed by atoms with Crippen LogP contribution in [0.3, 0.4) is 0 Å². The minimum atomic E-state index is -0.167. The fourth-order valence-electron chi connectivity index (χ4n) is 5.47. The van der Waals surface area contributed by atoms with E-state index in [0.29, 0.717) is 28.4 Å². The summed E-state index contributed by atoms with van der Waals surface area (Å²) in [4.78, 5) is 32.7. The summed E-state index contributed by atoms with van der Waals surface area (Å²) in [6, 6.07) is 23.0. The fraction of sp³-hybridized carbons (Fsp3) is 0.265. The molecule has 1 atom stereocenters. The number of carbonyl (C=O) groups excluding carboxylic acids is 2. The molecule has 1 aliphatic rings. The number of hydrogen-bond donors (Lipinski definition) is 2. The number of hydrogen-bond acceptors (Lipinski definition) is 4. The van der Waals surface area contributed by atoms with E-state index >= 15 is 0 Å². The van der Waals surface area contributed by atoms with E-state index in [-0.39, 0.29) is 17.9 Å². The Kier molecular flexibility index (Phi) is 9.12. The zero-order chi connectivity index (χ0) is 28.8. The number of pyridine rings is 1.